The maximum absolute atomic E-state index is 12.4. The first-order valence-corrected chi connectivity index (χ1v) is 6.21. The van der Waals surface area contributed by atoms with Crippen molar-refractivity contribution in [3.05, 3.63) is 71.3 Å². The Bertz CT molecular complexity index is 527. The van der Waals surface area contributed by atoms with Gasteiger partial charge in [0.05, 0.1) is 5.56 Å². The molecule has 0 atom stereocenters. The van der Waals surface area contributed by atoms with Crippen LogP contribution in [0.3, 0.4) is 0 Å². The first kappa shape index (κ1) is 17.5. The van der Waals surface area contributed by atoms with Gasteiger partial charge in [0.15, 0.2) is 0 Å². The van der Waals surface area contributed by atoms with E-state index in [2.05, 4.69) is 10.9 Å². The molecular formula is C15H16ClF3N2. The van der Waals surface area contributed by atoms with Crippen molar-refractivity contribution >= 4 is 12.4 Å². The average molecular weight is 317 g/mol. The number of benzene rings is 2. The van der Waals surface area contributed by atoms with Crippen LogP contribution < -0.4 is 10.9 Å². The number of hydrogen-bond donors (Lipinski definition) is 2. The second-order valence-corrected chi connectivity index (χ2v) is 4.39. The average Bonchev–Trinajstić information content (AvgIpc) is 2.44. The Morgan fingerprint density at radius 2 is 1.19 bits per heavy atom. The highest BCUT2D eigenvalue weighted by atomic mass is 35.5. The van der Waals surface area contributed by atoms with Gasteiger partial charge in [-0.3, -0.25) is 10.9 Å². The quantitative estimate of drug-likeness (QED) is 0.645. The lowest BCUT2D eigenvalue weighted by molar-refractivity contribution is -0.137. The maximum Gasteiger partial charge on any atom is 0.416 e. The molecule has 21 heavy (non-hydrogen) atoms. The van der Waals surface area contributed by atoms with Gasteiger partial charge in [-0.2, -0.15) is 13.2 Å². The van der Waals surface area contributed by atoms with Crippen molar-refractivity contribution in [3.63, 3.8) is 0 Å². The van der Waals surface area contributed by atoms with Gasteiger partial charge in [-0.1, -0.05) is 42.5 Å². The lowest BCUT2D eigenvalue weighted by Crippen LogP contribution is -2.30. The molecule has 2 aromatic rings. The number of nitrogens with one attached hydrogen (secondary N) is 2. The zero-order valence-corrected chi connectivity index (χ0v) is 12.0. The predicted molar refractivity (Wildman–Crippen MR) is 78.8 cm³/mol. The number of alkyl halides is 3. The molecule has 0 bridgehead atoms. The Morgan fingerprint density at radius 1 is 0.714 bits per heavy atom. The summed E-state index contributed by atoms with van der Waals surface area (Å²) in [7, 11) is 0. The molecule has 0 aliphatic heterocycles. The van der Waals surface area contributed by atoms with E-state index >= 15 is 0 Å². The van der Waals surface area contributed by atoms with Crippen LogP contribution in [-0.4, -0.2) is 0 Å². The first-order chi connectivity index (χ1) is 9.55. The van der Waals surface area contributed by atoms with E-state index in [1.54, 1.807) is 0 Å². The molecule has 0 aromatic heterocycles. The minimum absolute atomic E-state index is 0. The number of rotatable bonds is 5. The van der Waals surface area contributed by atoms with Crippen LogP contribution in [0.5, 0.6) is 0 Å². The first-order valence-electron chi connectivity index (χ1n) is 6.21. The molecule has 2 nitrogen and oxygen atoms in total. The normalized spacial score (nSPS) is 11.0. The van der Waals surface area contributed by atoms with Crippen molar-refractivity contribution < 1.29 is 13.2 Å². The number of hydrogen-bond acceptors (Lipinski definition) is 2. The van der Waals surface area contributed by atoms with E-state index in [1.165, 1.54) is 12.1 Å². The monoisotopic (exact) mass is 316 g/mol. The van der Waals surface area contributed by atoms with Gasteiger partial charge in [-0.15, -0.1) is 12.4 Å². The zero-order chi connectivity index (χ0) is 14.4. The highest BCUT2D eigenvalue weighted by Crippen LogP contribution is 2.28. The van der Waals surface area contributed by atoms with Crippen molar-refractivity contribution in [1.29, 1.82) is 0 Å². The van der Waals surface area contributed by atoms with E-state index in [1.807, 2.05) is 30.3 Å². The highest BCUT2D eigenvalue weighted by molar-refractivity contribution is 5.85. The summed E-state index contributed by atoms with van der Waals surface area (Å²) in [6.07, 6.45) is -4.28. The van der Waals surface area contributed by atoms with Crippen LogP contribution in [-0.2, 0) is 19.3 Å². The van der Waals surface area contributed by atoms with Crippen LogP contribution in [0.25, 0.3) is 0 Å². The molecule has 0 amide bonds. The Kier molecular flexibility index (Phi) is 6.68. The van der Waals surface area contributed by atoms with Crippen molar-refractivity contribution in [1.82, 2.24) is 10.9 Å². The van der Waals surface area contributed by atoms with Gasteiger partial charge in [0.25, 0.3) is 0 Å². The summed E-state index contributed by atoms with van der Waals surface area (Å²) in [5, 5.41) is 0. The van der Waals surface area contributed by atoms with Crippen molar-refractivity contribution in [2.75, 3.05) is 0 Å². The molecule has 0 radical (unpaired) electrons. The SMILES string of the molecule is Cl.FC(F)(F)c1ccc(CNNCc2ccccc2)cc1. The highest BCUT2D eigenvalue weighted by Gasteiger charge is 2.29. The molecule has 0 aliphatic rings. The lowest BCUT2D eigenvalue weighted by atomic mass is 10.1. The van der Waals surface area contributed by atoms with Crippen LogP contribution in [0.2, 0.25) is 0 Å². The standard InChI is InChI=1S/C15H15F3N2.ClH/c16-15(17,18)14-8-6-13(7-9-14)11-20-19-10-12-4-2-1-3-5-12;/h1-9,19-20H,10-11H2;1H. The summed E-state index contributed by atoms with van der Waals surface area (Å²) in [4.78, 5) is 0. The minimum atomic E-state index is -4.28. The van der Waals surface area contributed by atoms with E-state index < -0.39 is 11.7 Å². The smallest absolute Gasteiger partial charge is 0.253 e. The fraction of sp³-hybridized carbons (Fsp3) is 0.200. The molecule has 2 N–H and O–H groups in total. The van der Waals surface area contributed by atoms with Gasteiger partial charge in [-0.25, -0.2) is 0 Å². The van der Waals surface area contributed by atoms with Crippen molar-refractivity contribution in [2.24, 2.45) is 0 Å². The maximum atomic E-state index is 12.4. The molecule has 0 heterocycles. The third kappa shape index (κ3) is 5.75. The topological polar surface area (TPSA) is 24.1 Å². The van der Waals surface area contributed by atoms with Gasteiger partial charge in [0.2, 0.25) is 0 Å². The summed E-state index contributed by atoms with van der Waals surface area (Å²) < 4.78 is 37.2. The summed E-state index contributed by atoms with van der Waals surface area (Å²) >= 11 is 0. The number of halogens is 4. The molecule has 0 spiro atoms. The summed E-state index contributed by atoms with van der Waals surface area (Å²) in [5.74, 6) is 0. The van der Waals surface area contributed by atoms with Gasteiger partial charge >= 0.3 is 6.18 Å². The third-order valence-electron chi connectivity index (χ3n) is 2.83. The largest absolute Gasteiger partial charge is 0.416 e. The van der Waals surface area contributed by atoms with Crippen LogP contribution in [0.15, 0.2) is 54.6 Å². The second-order valence-electron chi connectivity index (χ2n) is 4.39. The number of hydrazine groups is 1. The van der Waals surface area contributed by atoms with E-state index in [0.29, 0.717) is 13.1 Å². The summed E-state index contributed by atoms with van der Waals surface area (Å²) in [6, 6.07) is 15.0. The molecule has 2 rings (SSSR count). The molecule has 114 valence electrons. The Hall–Kier alpha value is -1.56. The molecule has 2 aromatic carbocycles. The predicted octanol–water partition coefficient (Wildman–Crippen LogP) is 3.92. The van der Waals surface area contributed by atoms with E-state index in [4.69, 9.17) is 0 Å². The molecular weight excluding hydrogens is 301 g/mol. The fourth-order valence-corrected chi connectivity index (χ4v) is 1.74. The van der Waals surface area contributed by atoms with Crippen molar-refractivity contribution in [2.45, 2.75) is 19.3 Å². The fourth-order valence-electron chi connectivity index (χ4n) is 1.74. The van der Waals surface area contributed by atoms with Crippen LogP contribution in [0.1, 0.15) is 16.7 Å². The molecule has 0 saturated heterocycles. The Labute approximate surface area is 127 Å². The lowest BCUT2D eigenvalue weighted by Gasteiger charge is -2.09. The Balaban J connectivity index is 0.00000220. The molecule has 0 fully saturated rings. The summed E-state index contributed by atoms with van der Waals surface area (Å²) in [5.41, 5.74) is 7.30. The van der Waals surface area contributed by atoms with Gasteiger partial charge in [0, 0.05) is 13.1 Å². The molecule has 6 heteroatoms. The van der Waals surface area contributed by atoms with E-state index in [-0.39, 0.29) is 12.4 Å². The second kappa shape index (κ2) is 8.02. The van der Waals surface area contributed by atoms with Crippen LogP contribution in [0.4, 0.5) is 13.2 Å². The van der Waals surface area contributed by atoms with Gasteiger partial charge < -0.3 is 0 Å². The van der Waals surface area contributed by atoms with Crippen LogP contribution >= 0.6 is 12.4 Å². The minimum Gasteiger partial charge on any atom is -0.253 e. The van der Waals surface area contributed by atoms with Crippen molar-refractivity contribution in [3.8, 4) is 0 Å². The molecule has 0 aliphatic carbocycles. The van der Waals surface area contributed by atoms with E-state index in [0.717, 1.165) is 23.3 Å². The van der Waals surface area contributed by atoms with Gasteiger partial charge in [-0.05, 0) is 23.3 Å². The molecule has 0 saturated carbocycles. The third-order valence-corrected chi connectivity index (χ3v) is 2.83. The molecule has 0 unspecified atom stereocenters. The van der Waals surface area contributed by atoms with Crippen LogP contribution in [0, 0.1) is 0 Å². The summed E-state index contributed by atoms with van der Waals surface area (Å²) in [6.45, 7) is 1.12. The zero-order valence-electron chi connectivity index (χ0n) is 11.2. The van der Waals surface area contributed by atoms with E-state index in [9.17, 15) is 13.2 Å². The van der Waals surface area contributed by atoms with Gasteiger partial charge in [0.1, 0.15) is 0 Å². The Morgan fingerprint density at radius 3 is 1.67 bits per heavy atom.